The lowest BCUT2D eigenvalue weighted by Gasteiger charge is -2.35. The lowest BCUT2D eigenvalue weighted by molar-refractivity contribution is -0.115. The fraction of sp³-hybridized carbons (Fsp3) is 0.562. The Kier molecular flexibility index (Phi) is 4.40. The van der Waals surface area contributed by atoms with Gasteiger partial charge in [0.2, 0.25) is 5.91 Å². The molecule has 2 rings (SSSR count). The van der Waals surface area contributed by atoms with Crippen molar-refractivity contribution in [1.82, 2.24) is 5.32 Å². The summed E-state index contributed by atoms with van der Waals surface area (Å²) in [5.41, 5.74) is 3.09. The second-order valence-corrected chi connectivity index (χ2v) is 6.50. The Morgan fingerprint density at radius 3 is 2.70 bits per heavy atom. The van der Waals surface area contributed by atoms with E-state index in [0.717, 1.165) is 34.8 Å². The van der Waals surface area contributed by atoms with E-state index >= 15 is 0 Å². The molecule has 0 aromatic heterocycles. The highest BCUT2D eigenvalue weighted by Crippen LogP contribution is 2.41. The summed E-state index contributed by atoms with van der Waals surface area (Å²) in [5.74, 6) is 0.0444. The first-order valence-electron chi connectivity index (χ1n) is 7.24. The molecule has 1 aromatic carbocycles. The second-order valence-electron chi connectivity index (χ2n) is 6.09. The van der Waals surface area contributed by atoms with E-state index in [1.54, 1.807) is 0 Å². The Morgan fingerprint density at radius 2 is 2.10 bits per heavy atom. The number of amides is 1. The third-order valence-corrected chi connectivity index (χ3v) is 4.59. The quantitative estimate of drug-likeness (QED) is 0.864. The van der Waals surface area contributed by atoms with Gasteiger partial charge in [-0.2, -0.15) is 0 Å². The van der Waals surface area contributed by atoms with Crippen LogP contribution in [-0.2, 0) is 11.2 Å². The molecule has 3 nitrogen and oxygen atoms in total. The molecule has 0 saturated heterocycles. The van der Waals surface area contributed by atoms with Crippen LogP contribution in [0.2, 0.25) is 5.02 Å². The Morgan fingerprint density at radius 1 is 1.40 bits per heavy atom. The molecule has 1 aliphatic heterocycles. The molecule has 0 saturated carbocycles. The van der Waals surface area contributed by atoms with Crippen LogP contribution in [0.3, 0.4) is 0 Å². The summed E-state index contributed by atoms with van der Waals surface area (Å²) in [7, 11) is 0. The third kappa shape index (κ3) is 2.84. The summed E-state index contributed by atoms with van der Waals surface area (Å²) in [6, 6.07) is 4.15. The van der Waals surface area contributed by atoms with Crippen LogP contribution in [-0.4, -0.2) is 12.5 Å². The van der Waals surface area contributed by atoms with Gasteiger partial charge in [0.1, 0.15) is 0 Å². The minimum Gasteiger partial charge on any atom is -0.325 e. The summed E-state index contributed by atoms with van der Waals surface area (Å²) in [6.07, 6.45) is 1.50. The minimum absolute atomic E-state index is 0.0444. The number of carbonyl (C=O) groups excluding carboxylic acids is 1. The molecule has 1 atom stereocenters. The van der Waals surface area contributed by atoms with Gasteiger partial charge in [0.15, 0.2) is 0 Å². The number of benzene rings is 1. The topological polar surface area (TPSA) is 41.1 Å². The minimum atomic E-state index is 0.0444. The molecule has 20 heavy (non-hydrogen) atoms. The average molecular weight is 295 g/mol. The van der Waals surface area contributed by atoms with Gasteiger partial charge in [0.25, 0.3) is 0 Å². The third-order valence-electron chi connectivity index (χ3n) is 4.26. The summed E-state index contributed by atoms with van der Waals surface area (Å²) < 4.78 is 0. The smallest absolute Gasteiger partial charge is 0.228 e. The SMILES string of the molecule is CCNC(c1cc2c(cc1Cl)NC(=O)C2)C(C)(C)CC. The number of carbonyl (C=O) groups is 1. The van der Waals surface area contributed by atoms with Gasteiger partial charge in [-0.05, 0) is 35.6 Å². The van der Waals surface area contributed by atoms with Crippen LogP contribution in [0.1, 0.15) is 51.3 Å². The average Bonchev–Trinajstić information content (AvgIpc) is 2.74. The molecule has 2 N–H and O–H groups in total. The molecule has 0 fully saturated rings. The van der Waals surface area contributed by atoms with Gasteiger partial charge in [-0.25, -0.2) is 0 Å². The molecular formula is C16H23ClN2O. The number of rotatable bonds is 5. The van der Waals surface area contributed by atoms with Gasteiger partial charge >= 0.3 is 0 Å². The highest BCUT2D eigenvalue weighted by Gasteiger charge is 2.31. The van der Waals surface area contributed by atoms with Crippen LogP contribution >= 0.6 is 11.6 Å². The molecule has 1 aromatic rings. The van der Waals surface area contributed by atoms with Gasteiger partial charge in [0, 0.05) is 16.8 Å². The zero-order chi connectivity index (χ0) is 14.9. The van der Waals surface area contributed by atoms with Crippen molar-refractivity contribution in [3.8, 4) is 0 Å². The maximum Gasteiger partial charge on any atom is 0.228 e. The molecule has 1 aliphatic rings. The van der Waals surface area contributed by atoms with Gasteiger partial charge in [-0.3, -0.25) is 4.79 Å². The fourth-order valence-corrected chi connectivity index (χ4v) is 2.98. The number of hydrogen-bond donors (Lipinski definition) is 2. The van der Waals surface area contributed by atoms with Gasteiger partial charge < -0.3 is 10.6 Å². The summed E-state index contributed by atoms with van der Waals surface area (Å²) in [4.78, 5) is 11.5. The van der Waals surface area contributed by atoms with E-state index in [1.165, 1.54) is 0 Å². The Bertz CT molecular complexity index is 525. The zero-order valence-corrected chi connectivity index (χ0v) is 13.4. The largest absolute Gasteiger partial charge is 0.325 e. The van der Waals surface area contributed by atoms with E-state index in [1.807, 2.05) is 6.07 Å². The number of halogens is 1. The highest BCUT2D eigenvalue weighted by molar-refractivity contribution is 6.32. The highest BCUT2D eigenvalue weighted by atomic mass is 35.5. The summed E-state index contributed by atoms with van der Waals surface area (Å²) in [6.45, 7) is 9.67. The maximum atomic E-state index is 11.5. The van der Waals surface area contributed by atoms with Gasteiger partial charge in [0.05, 0.1) is 6.42 Å². The molecule has 0 spiro atoms. The summed E-state index contributed by atoms with van der Waals surface area (Å²) in [5, 5.41) is 7.11. The van der Waals surface area contributed by atoms with Crippen molar-refractivity contribution in [2.24, 2.45) is 5.41 Å². The Balaban J connectivity index is 2.44. The normalized spacial score (nSPS) is 15.9. The van der Waals surface area contributed by atoms with E-state index in [4.69, 9.17) is 11.6 Å². The maximum absolute atomic E-state index is 11.5. The van der Waals surface area contributed by atoms with Crippen molar-refractivity contribution in [1.29, 1.82) is 0 Å². The molecular weight excluding hydrogens is 272 g/mol. The number of hydrogen-bond acceptors (Lipinski definition) is 2. The molecule has 0 bridgehead atoms. The second kappa shape index (κ2) is 5.74. The van der Waals surface area contributed by atoms with Crippen LogP contribution in [0.15, 0.2) is 12.1 Å². The van der Waals surface area contributed by atoms with Gasteiger partial charge in [-0.1, -0.05) is 45.4 Å². The predicted molar refractivity (Wildman–Crippen MR) is 84.3 cm³/mol. The van der Waals surface area contributed by atoms with E-state index < -0.39 is 0 Å². The molecule has 1 amide bonds. The number of anilines is 1. The van der Waals surface area contributed by atoms with Crippen LogP contribution in [0.5, 0.6) is 0 Å². The molecule has 0 radical (unpaired) electrons. The van der Waals surface area contributed by atoms with E-state index in [2.05, 4.69) is 44.4 Å². The lowest BCUT2D eigenvalue weighted by atomic mass is 9.78. The number of fused-ring (bicyclic) bond motifs is 1. The first-order chi connectivity index (χ1) is 9.39. The van der Waals surface area contributed by atoms with Crippen molar-refractivity contribution in [3.63, 3.8) is 0 Å². The van der Waals surface area contributed by atoms with E-state index in [-0.39, 0.29) is 17.4 Å². The van der Waals surface area contributed by atoms with E-state index in [9.17, 15) is 4.79 Å². The van der Waals surface area contributed by atoms with Crippen molar-refractivity contribution in [2.45, 2.75) is 46.6 Å². The molecule has 110 valence electrons. The molecule has 1 unspecified atom stereocenters. The molecule has 1 heterocycles. The first kappa shape index (κ1) is 15.3. The summed E-state index contributed by atoms with van der Waals surface area (Å²) >= 11 is 6.46. The van der Waals surface area contributed by atoms with Crippen LogP contribution < -0.4 is 10.6 Å². The Hall–Kier alpha value is -1.06. The Labute approximate surface area is 126 Å². The van der Waals surface area contributed by atoms with Crippen molar-refractivity contribution >= 4 is 23.2 Å². The lowest BCUT2D eigenvalue weighted by Crippen LogP contribution is -2.34. The van der Waals surface area contributed by atoms with Crippen molar-refractivity contribution in [2.75, 3.05) is 11.9 Å². The van der Waals surface area contributed by atoms with Gasteiger partial charge in [-0.15, -0.1) is 0 Å². The molecule has 4 heteroatoms. The van der Waals surface area contributed by atoms with Crippen LogP contribution in [0.4, 0.5) is 5.69 Å². The molecule has 0 aliphatic carbocycles. The monoisotopic (exact) mass is 294 g/mol. The van der Waals surface area contributed by atoms with Crippen molar-refractivity contribution in [3.05, 3.63) is 28.3 Å². The standard InChI is InChI=1S/C16H23ClN2O/c1-5-16(3,4)15(18-6-2)11-7-10-8-14(20)19-13(10)9-12(11)17/h7,9,15,18H,5-6,8H2,1-4H3,(H,19,20). The zero-order valence-electron chi connectivity index (χ0n) is 12.6. The predicted octanol–water partition coefficient (Wildman–Crippen LogP) is 3.92. The van der Waals surface area contributed by atoms with Crippen LogP contribution in [0, 0.1) is 5.41 Å². The number of nitrogens with one attached hydrogen (secondary N) is 2. The fourth-order valence-electron chi connectivity index (χ4n) is 2.70. The van der Waals surface area contributed by atoms with Crippen LogP contribution in [0.25, 0.3) is 0 Å². The first-order valence-corrected chi connectivity index (χ1v) is 7.62. The van der Waals surface area contributed by atoms with E-state index in [0.29, 0.717) is 6.42 Å². The van der Waals surface area contributed by atoms with Crippen molar-refractivity contribution < 1.29 is 4.79 Å².